The summed E-state index contributed by atoms with van der Waals surface area (Å²) in [5, 5.41) is 12.2. The molecule has 0 spiro atoms. The lowest BCUT2D eigenvalue weighted by molar-refractivity contribution is 0.283. The van der Waals surface area contributed by atoms with Crippen molar-refractivity contribution >= 4 is 5.69 Å². The van der Waals surface area contributed by atoms with Crippen LogP contribution in [0.25, 0.3) is 0 Å². The van der Waals surface area contributed by atoms with Gasteiger partial charge in [0.2, 0.25) is 0 Å². The molecule has 0 unspecified atom stereocenters. The summed E-state index contributed by atoms with van der Waals surface area (Å²) in [6.07, 6.45) is 4.36. The zero-order valence-electron chi connectivity index (χ0n) is 11.3. The van der Waals surface area contributed by atoms with Gasteiger partial charge < -0.3 is 15.3 Å². The third-order valence-electron chi connectivity index (χ3n) is 3.61. The van der Waals surface area contributed by atoms with Crippen LogP contribution in [0.5, 0.6) is 0 Å². The molecule has 1 aromatic carbocycles. The van der Waals surface area contributed by atoms with Crippen molar-refractivity contribution in [2.24, 2.45) is 0 Å². The van der Waals surface area contributed by atoms with E-state index in [9.17, 15) is 0 Å². The molecule has 0 atom stereocenters. The number of rotatable bonds is 7. The van der Waals surface area contributed by atoms with Crippen molar-refractivity contribution in [3.8, 4) is 0 Å². The first-order valence-corrected chi connectivity index (χ1v) is 6.96. The van der Waals surface area contributed by atoms with Crippen molar-refractivity contribution in [3.63, 3.8) is 0 Å². The molecule has 100 valence electrons. The van der Waals surface area contributed by atoms with Gasteiger partial charge in [-0.1, -0.05) is 12.1 Å². The van der Waals surface area contributed by atoms with Gasteiger partial charge in [-0.3, -0.25) is 0 Å². The fourth-order valence-corrected chi connectivity index (χ4v) is 2.50. The maximum Gasteiger partial charge on any atom is 0.0431 e. The Morgan fingerprint density at radius 2 is 2.17 bits per heavy atom. The largest absolute Gasteiger partial charge is 0.396 e. The Balaban J connectivity index is 1.74. The SMILES string of the molecule is CN1CCc2cc(CNCCCCCO)ccc21. The van der Waals surface area contributed by atoms with E-state index in [1.807, 2.05) is 0 Å². The summed E-state index contributed by atoms with van der Waals surface area (Å²) < 4.78 is 0. The predicted molar refractivity (Wildman–Crippen MR) is 76.1 cm³/mol. The van der Waals surface area contributed by atoms with Crippen LogP contribution in [0.4, 0.5) is 5.69 Å². The minimum Gasteiger partial charge on any atom is -0.396 e. The van der Waals surface area contributed by atoms with Crippen molar-refractivity contribution in [1.29, 1.82) is 0 Å². The van der Waals surface area contributed by atoms with E-state index in [1.54, 1.807) is 0 Å². The van der Waals surface area contributed by atoms with Crippen molar-refractivity contribution in [3.05, 3.63) is 29.3 Å². The topological polar surface area (TPSA) is 35.5 Å². The van der Waals surface area contributed by atoms with Gasteiger partial charge in [0.05, 0.1) is 0 Å². The number of aliphatic hydroxyl groups is 1. The second-order valence-electron chi connectivity index (χ2n) is 5.10. The molecule has 1 aliphatic rings. The molecule has 0 bridgehead atoms. The number of aliphatic hydroxyl groups excluding tert-OH is 1. The summed E-state index contributed by atoms with van der Waals surface area (Å²) in [7, 11) is 2.16. The maximum atomic E-state index is 8.69. The Hall–Kier alpha value is -1.06. The Kier molecular flexibility index (Phi) is 5.02. The lowest BCUT2D eigenvalue weighted by Crippen LogP contribution is -2.15. The molecule has 0 radical (unpaired) electrons. The van der Waals surface area contributed by atoms with Crippen LogP contribution in [0.3, 0.4) is 0 Å². The number of nitrogens with one attached hydrogen (secondary N) is 1. The zero-order chi connectivity index (χ0) is 12.8. The molecule has 0 aliphatic carbocycles. The molecule has 3 heteroatoms. The summed E-state index contributed by atoms with van der Waals surface area (Å²) in [4.78, 5) is 2.32. The highest BCUT2D eigenvalue weighted by molar-refractivity contribution is 5.58. The molecular formula is C15H24N2O. The van der Waals surface area contributed by atoms with Gasteiger partial charge in [0.25, 0.3) is 0 Å². The maximum absolute atomic E-state index is 8.69. The van der Waals surface area contributed by atoms with Gasteiger partial charge in [-0.25, -0.2) is 0 Å². The van der Waals surface area contributed by atoms with Crippen LogP contribution in [-0.4, -0.2) is 31.9 Å². The van der Waals surface area contributed by atoms with Gasteiger partial charge in [-0.2, -0.15) is 0 Å². The predicted octanol–water partition coefficient (Wildman–Crippen LogP) is 1.93. The standard InChI is InChI=1S/C15H24N2O/c1-17-9-7-14-11-13(5-6-15(14)17)12-16-8-3-2-4-10-18/h5-6,11,16,18H,2-4,7-10,12H2,1H3. The van der Waals surface area contributed by atoms with Crippen molar-refractivity contribution in [2.75, 3.05) is 31.6 Å². The molecule has 2 rings (SSSR count). The number of fused-ring (bicyclic) bond motifs is 1. The van der Waals surface area contributed by atoms with Crippen LogP contribution in [-0.2, 0) is 13.0 Å². The Morgan fingerprint density at radius 3 is 3.00 bits per heavy atom. The van der Waals surface area contributed by atoms with Crippen LogP contribution < -0.4 is 10.2 Å². The molecule has 1 aromatic rings. The van der Waals surface area contributed by atoms with E-state index >= 15 is 0 Å². The fourth-order valence-electron chi connectivity index (χ4n) is 2.50. The first-order valence-electron chi connectivity index (χ1n) is 6.96. The van der Waals surface area contributed by atoms with Gasteiger partial charge in [-0.15, -0.1) is 0 Å². The number of nitrogens with zero attached hydrogens (tertiary/aromatic N) is 1. The number of benzene rings is 1. The van der Waals surface area contributed by atoms with Crippen molar-refractivity contribution < 1.29 is 5.11 Å². The average Bonchev–Trinajstić information content (AvgIpc) is 2.75. The second kappa shape index (κ2) is 6.76. The highest BCUT2D eigenvalue weighted by Gasteiger charge is 2.15. The van der Waals surface area contributed by atoms with Gasteiger partial charge in [0, 0.05) is 32.4 Å². The number of hydrogen-bond acceptors (Lipinski definition) is 3. The first-order chi connectivity index (χ1) is 8.81. The first kappa shape index (κ1) is 13.4. The van der Waals surface area contributed by atoms with E-state index in [0.717, 1.165) is 38.9 Å². The third kappa shape index (κ3) is 3.47. The fraction of sp³-hybridized carbons (Fsp3) is 0.600. The van der Waals surface area contributed by atoms with Gasteiger partial charge >= 0.3 is 0 Å². The Morgan fingerprint density at radius 1 is 1.28 bits per heavy atom. The summed E-state index contributed by atoms with van der Waals surface area (Å²) in [5.74, 6) is 0. The van der Waals surface area contributed by atoms with Crippen LogP contribution >= 0.6 is 0 Å². The highest BCUT2D eigenvalue weighted by Crippen LogP contribution is 2.27. The molecular weight excluding hydrogens is 224 g/mol. The van der Waals surface area contributed by atoms with Crippen molar-refractivity contribution in [2.45, 2.75) is 32.2 Å². The van der Waals surface area contributed by atoms with E-state index in [4.69, 9.17) is 5.11 Å². The monoisotopic (exact) mass is 248 g/mol. The molecule has 1 aliphatic heterocycles. The zero-order valence-corrected chi connectivity index (χ0v) is 11.3. The normalized spacial score (nSPS) is 14.0. The van der Waals surface area contributed by atoms with E-state index in [-0.39, 0.29) is 0 Å². The molecule has 0 amide bonds. The molecule has 18 heavy (non-hydrogen) atoms. The number of unbranched alkanes of at least 4 members (excludes halogenated alkanes) is 2. The highest BCUT2D eigenvalue weighted by atomic mass is 16.2. The van der Waals surface area contributed by atoms with Crippen LogP contribution in [0.2, 0.25) is 0 Å². The number of likely N-dealkylation sites (N-methyl/N-ethyl adjacent to an activating group) is 1. The Labute approximate surface area is 110 Å². The molecule has 0 saturated carbocycles. The molecule has 0 saturated heterocycles. The van der Waals surface area contributed by atoms with Crippen LogP contribution in [0.15, 0.2) is 18.2 Å². The van der Waals surface area contributed by atoms with Crippen LogP contribution in [0.1, 0.15) is 30.4 Å². The van der Waals surface area contributed by atoms with Gasteiger partial charge in [0.15, 0.2) is 0 Å². The molecule has 0 fully saturated rings. The quantitative estimate of drug-likeness (QED) is 0.724. The van der Waals surface area contributed by atoms with Crippen LogP contribution in [0, 0.1) is 0 Å². The third-order valence-corrected chi connectivity index (χ3v) is 3.61. The van der Waals surface area contributed by atoms with E-state index < -0.39 is 0 Å². The smallest absolute Gasteiger partial charge is 0.0431 e. The summed E-state index contributed by atoms with van der Waals surface area (Å²) >= 11 is 0. The average molecular weight is 248 g/mol. The number of anilines is 1. The van der Waals surface area contributed by atoms with Gasteiger partial charge in [-0.05, 0) is 49.4 Å². The van der Waals surface area contributed by atoms with E-state index in [0.29, 0.717) is 6.61 Å². The Bertz CT molecular complexity index is 379. The summed E-state index contributed by atoms with van der Waals surface area (Å²) in [6, 6.07) is 6.80. The minimum absolute atomic E-state index is 0.318. The van der Waals surface area contributed by atoms with E-state index in [1.165, 1.54) is 23.2 Å². The summed E-state index contributed by atoms with van der Waals surface area (Å²) in [6.45, 7) is 3.46. The number of hydrogen-bond donors (Lipinski definition) is 2. The lowest BCUT2D eigenvalue weighted by atomic mass is 10.1. The molecule has 1 heterocycles. The molecule has 3 nitrogen and oxygen atoms in total. The minimum atomic E-state index is 0.318. The van der Waals surface area contributed by atoms with Gasteiger partial charge in [0.1, 0.15) is 0 Å². The summed E-state index contributed by atoms with van der Waals surface area (Å²) in [5.41, 5.74) is 4.25. The second-order valence-corrected chi connectivity index (χ2v) is 5.10. The molecule has 0 aromatic heterocycles. The lowest BCUT2D eigenvalue weighted by Gasteiger charge is -2.12. The molecule has 2 N–H and O–H groups in total. The van der Waals surface area contributed by atoms with E-state index in [2.05, 4.69) is 35.5 Å². The van der Waals surface area contributed by atoms with Crippen molar-refractivity contribution in [1.82, 2.24) is 5.32 Å².